The number of aryl methyl sites for hydroxylation is 2. The molecule has 0 saturated heterocycles. The summed E-state index contributed by atoms with van der Waals surface area (Å²) >= 11 is 0. The number of rotatable bonds is 1. The summed E-state index contributed by atoms with van der Waals surface area (Å²) in [7, 11) is 3.55. The van der Waals surface area contributed by atoms with E-state index in [9.17, 15) is 9.59 Å². The van der Waals surface area contributed by atoms with Gasteiger partial charge in [0.25, 0.3) is 0 Å². The molecular formula is C18H14N6O2. The van der Waals surface area contributed by atoms with Crippen molar-refractivity contribution in [3.63, 3.8) is 0 Å². The summed E-state index contributed by atoms with van der Waals surface area (Å²) in [6.07, 6.45) is 0. The minimum Gasteiger partial charge on any atom is -0.312 e. The zero-order chi connectivity index (χ0) is 18.0. The van der Waals surface area contributed by atoms with E-state index < -0.39 is 11.4 Å². The first-order chi connectivity index (χ1) is 12.6. The smallest absolute Gasteiger partial charge is 0.312 e. The van der Waals surface area contributed by atoms with Crippen LogP contribution in [-0.2, 0) is 14.1 Å². The van der Waals surface area contributed by atoms with Crippen LogP contribution in [0.1, 0.15) is 0 Å². The van der Waals surface area contributed by atoms with Crippen molar-refractivity contribution in [2.24, 2.45) is 14.1 Å². The van der Waals surface area contributed by atoms with E-state index in [1.807, 2.05) is 48.5 Å². The van der Waals surface area contributed by atoms with Gasteiger partial charge in [0.05, 0.1) is 22.1 Å². The number of aromatic nitrogens is 6. The van der Waals surface area contributed by atoms with Crippen molar-refractivity contribution >= 4 is 27.8 Å². The maximum absolute atomic E-state index is 13.2. The molecular weight excluding hydrogens is 332 g/mol. The molecule has 0 amide bonds. The fraction of sp³-hybridized carbons (Fsp3) is 0.111. The van der Waals surface area contributed by atoms with Crippen molar-refractivity contribution in [2.75, 3.05) is 0 Å². The molecule has 26 heavy (non-hydrogen) atoms. The van der Waals surface area contributed by atoms with Crippen LogP contribution in [-0.4, -0.2) is 28.1 Å². The number of fused-ring (bicyclic) bond motifs is 4. The van der Waals surface area contributed by atoms with Crippen LogP contribution in [0.2, 0.25) is 0 Å². The van der Waals surface area contributed by atoms with Crippen LogP contribution in [0.15, 0.2) is 58.1 Å². The van der Waals surface area contributed by atoms with Crippen molar-refractivity contribution in [1.82, 2.24) is 28.1 Å². The highest BCUT2D eigenvalue weighted by molar-refractivity contribution is 5.80. The summed E-state index contributed by atoms with van der Waals surface area (Å²) in [5, 5.41) is 0. The SMILES string of the molecule is Cn1c(-n2c(=O)nc3n(C)c4ccccc4n3c2=O)nc2ccccc21. The van der Waals surface area contributed by atoms with E-state index in [0.717, 1.165) is 15.6 Å². The first-order valence-electron chi connectivity index (χ1n) is 8.09. The first-order valence-corrected chi connectivity index (χ1v) is 8.09. The lowest BCUT2D eigenvalue weighted by molar-refractivity contribution is 0.722. The van der Waals surface area contributed by atoms with Gasteiger partial charge < -0.3 is 9.13 Å². The molecule has 2 aromatic carbocycles. The molecule has 0 unspecified atom stereocenters. The summed E-state index contributed by atoms with van der Waals surface area (Å²) in [5.74, 6) is 0.548. The second kappa shape index (κ2) is 4.92. The van der Waals surface area contributed by atoms with Gasteiger partial charge in [-0.1, -0.05) is 24.3 Å². The van der Waals surface area contributed by atoms with E-state index in [0.29, 0.717) is 16.8 Å². The molecule has 0 saturated carbocycles. The molecule has 0 radical (unpaired) electrons. The minimum atomic E-state index is -0.653. The molecule has 0 spiro atoms. The molecule has 3 heterocycles. The van der Waals surface area contributed by atoms with E-state index in [2.05, 4.69) is 9.97 Å². The summed E-state index contributed by atoms with van der Waals surface area (Å²) in [4.78, 5) is 34.5. The summed E-state index contributed by atoms with van der Waals surface area (Å²) < 4.78 is 5.91. The third kappa shape index (κ3) is 1.72. The number of benzene rings is 2. The Labute approximate surface area is 146 Å². The largest absolute Gasteiger partial charge is 0.362 e. The fourth-order valence-electron chi connectivity index (χ4n) is 3.44. The highest BCUT2D eigenvalue weighted by atomic mass is 16.2. The lowest BCUT2D eigenvalue weighted by Crippen LogP contribution is -2.39. The lowest BCUT2D eigenvalue weighted by Gasteiger charge is -2.05. The Balaban J connectivity index is 1.98. The third-order valence-electron chi connectivity index (χ3n) is 4.72. The van der Waals surface area contributed by atoms with E-state index in [-0.39, 0.29) is 5.95 Å². The molecule has 8 heteroatoms. The number of para-hydroxylation sites is 4. The molecule has 0 aliphatic carbocycles. The van der Waals surface area contributed by atoms with Crippen LogP contribution < -0.4 is 11.4 Å². The second-order valence-electron chi connectivity index (χ2n) is 6.16. The molecule has 5 rings (SSSR count). The topological polar surface area (TPSA) is 79.1 Å². The fourth-order valence-corrected chi connectivity index (χ4v) is 3.44. The Bertz CT molecular complexity index is 1450. The summed E-state index contributed by atoms with van der Waals surface area (Å²) in [6, 6.07) is 14.9. The highest BCUT2D eigenvalue weighted by Crippen LogP contribution is 2.17. The predicted octanol–water partition coefficient (Wildman–Crippen LogP) is 1.22. The lowest BCUT2D eigenvalue weighted by atomic mass is 10.3. The van der Waals surface area contributed by atoms with Gasteiger partial charge >= 0.3 is 11.4 Å². The van der Waals surface area contributed by atoms with Crippen molar-refractivity contribution in [3.8, 4) is 5.95 Å². The quantitative estimate of drug-likeness (QED) is 0.457. The van der Waals surface area contributed by atoms with Crippen LogP contribution in [0.5, 0.6) is 0 Å². The third-order valence-corrected chi connectivity index (χ3v) is 4.72. The monoisotopic (exact) mass is 346 g/mol. The van der Waals surface area contributed by atoms with Crippen molar-refractivity contribution in [1.29, 1.82) is 0 Å². The maximum atomic E-state index is 13.2. The van der Waals surface area contributed by atoms with Crippen molar-refractivity contribution < 1.29 is 0 Å². The van der Waals surface area contributed by atoms with E-state index in [1.54, 1.807) is 23.2 Å². The van der Waals surface area contributed by atoms with Crippen molar-refractivity contribution in [2.45, 2.75) is 0 Å². The predicted molar refractivity (Wildman–Crippen MR) is 97.8 cm³/mol. The molecule has 3 aromatic heterocycles. The van der Waals surface area contributed by atoms with Gasteiger partial charge in [0.2, 0.25) is 11.7 Å². The van der Waals surface area contributed by atoms with Gasteiger partial charge in [-0.15, -0.1) is 0 Å². The maximum Gasteiger partial charge on any atom is 0.362 e. The summed E-state index contributed by atoms with van der Waals surface area (Å²) in [6.45, 7) is 0. The number of nitrogens with zero attached hydrogens (tertiary/aromatic N) is 6. The molecule has 0 N–H and O–H groups in total. The minimum absolute atomic E-state index is 0.246. The Hall–Kier alpha value is -3.68. The Morgan fingerprint density at radius 2 is 1.42 bits per heavy atom. The van der Waals surface area contributed by atoms with Gasteiger partial charge in [-0.3, -0.25) is 0 Å². The Morgan fingerprint density at radius 1 is 0.769 bits per heavy atom. The zero-order valence-electron chi connectivity index (χ0n) is 14.1. The average molecular weight is 346 g/mol. The molecule has 5 aromatic rings. The number of hydrogen-bond donors (Lipinski definition) is 0. The van der Waals surface area contributed by atoms with Crippen LogP contribution in [0.4, 0.5) is 0 Å². The van der Waals surface area contributed by atoms with Crippen LogP contribution >= 0.6 is 0 Å². The molecule has 0 aliphatic heterocycles. The summed E-state index contributed by atoms with van der Waals surface area (Å²) in [5.41, 5.74) is 1.90. The second-order valence-corrected chi connectivity index (χ2v) is 6.16. The molecule has 0 bridgehead atoms. The zero-order valence-corrected chi connectivity index (χ0v) is 14.1. The van der Waals surface area contributed by atoms with Gasteiger partial charge in [-0.05, 0) is 24.3 Å². The molecule has 128 valence electrons. The number of hydrogen-bond acceptors (Lipinski definition) is 4. The van der Waals surface area contributed by atoms with Gasteiger partial charge in [-0.2, -0.15) is 9.55 Å². The molecule has 0 atom stereocenters. The van der Waals surface area contributed by atoms with Gasteiger partial charge in [0.15, 0.2) is 0 Å². The van der Waals surface area contributed by atoms with E-state index >= 15 is 0 Å². The standard InChI is InChI=1S/C18H14N6O2/c1-21-12-8-4-3-7-11(12)19-15(21)24-17(25)20-16-22(2)13-9-5-6-10-14(13)23(16)18(24)26/h3-10H,1-2H3. The highest BCUT2D eigenvalue weighted by Gasteiger charge is 2.19. The van der Waals surface area contributed by atoms with Crippen molar-refractivity contribution in [3.05, 3.63) is 69.5 Å². The van der Waals surface area contributed by atoms with Crippen LogP contribution in [0, 0.1) is 0 Å². The molecule has 0 aliphatic rings. The van der Waals surface area contributed by atoms with Gasteiger partial charge in [-0.25, -0.2) is 19.0 Å². The van der Waals surface area contributed by atoms with Gasteiger partial charge in [0, 0.05) is 14.1 Å². The molecule has 0 fully saturated rings. The van der Waals surface area contributed by atoms with Crippen LogP contribution in [0.3, 0.4) is 0 Å². The first kappa shape index (κ1) is 14.6. The number of imidazole rings is 2. The average Bonchev–Trinajstić information content (AvgIpc) is 3.12. The van der Waals surface area contributed by atoms with Gasteiger partial charge in [0.1, 0.15) is 0 Å². The van der Waals surface area contributed by atoms with E-state index in [1.165, 1.54) is 4.40 Å². The van der Waals surface area contributed by atoms with E-state index in [4.69, 9.17) is 0 Å². The molecule has 8 nitrogen and oxygen atoms in total. The van der Waals surface area contributed by atoms with Crippen LogP contribution in [0.25, 0.3) is 33.8 Å². The Kier molecular flexibility index (Phi) is 2.77. The normalized spacial score (nSPS) is 11.8. The Morgan fingerprint density at radius 3 is 2.15 bits per heavy atom.